The van der Waals surface area contributed by atoms with E-state index in [1.54, 1.807) is 31.2 Å². The van der Waals surface area contributed by atoms with Crippen LogP contribution in [-0.2, 0) is 14.3 Å². The van der Waals surface area contributed by atoms with E-state index in [9.17, 15) is 14.4 Å². The third-order valence-corrected chi connectivity index (χ3v) is 3.46. The van der Waals surface area contributed by atoms with Crippen LogP contribution in [0.2, 0.25) is 0 Å². The molecule has 1 aromatic heterocycles. The number of nitrogens with zero attached hydrogens (tertiary/aromatic N) is 1. The molecule has 9 heteroatoms. The summed E-state index contributed by atoms with van der Waals surface area (Å²) in [6, 6.07) is 8.32. The fourth-order valence-electron chi connectivity index (χ4n) is 1.69. The molecule has 1 aromatic carbocycles. The number of esters is 1. The van der Waals surface area contributed by atoms with E-state index < -0.39 is 24.4 Å². The Bertz CT molecular complexity index is 759. The molecule has 0 bridgehead atoms. The number of carbonyl (C=O) groups is 3. The molecular weight excluding hydrogens is 382 g/mol. The van der Waals surface area contributed by atoms with Gasteiger partial charge in [0.2, 0.25) is 0 Å². The number of amides is 2. The summed E-state index contributed by atoms with van der Waals surface area (Å²) in [5, 5.41) is 8.39. The van der Waals surface area contributed by atoms with Gasteiger partial charge in [0, 0.05) is 10.5 Å². The molecule has 2 aromatic rings. The van der Waals surface area contributed by atoms with E-state index in [1.807, 2.05) is 0 Å². The molecular formula is C15H14BrN3O5. The normalized spacial score (nSPS) is 10.1. The van der Waals surface area contributed by atoms with E-state index in [0.717, 1.165) is 0 Å². The van der Waals surface area contributed by atoms with Crippen LogP contribution in [0.3, 0.4) is 0 Å². The molecule has 2 N–H and O–H groups in total. The number of nitrogens with one attached hydrogen (secondary N) is 2. The monoisotopic (exact) mass is 395 g/mol. The average molecular weight is 396 g/mol. The maximum absolute atomic E-state index is 11.9. The van der Waals surface area contributed by atoms with Gasteiger partial charge in [-0.2, -0.15) is 0 Å². The number of carbonyl (C=O) groups excluding carboxylic acids is 3. The molecule has 2 rings (SSSR count). The zero-order valence-corrected chi connectivity index (χ0v) is 14.3. The van der Waals surface area contributed by atoms with E-state index in [4.69, 9.17) is 9.26 Å². The summed E-state index contributed by atoms with van der Waals surface area (Å²) in [4.78, 5) is 35.0. The number of benzene rings is 1. The summed E-state index contributed by atoms with van der Waals surface area (Å²) in [6.45, 7) is 0.836. The first-order valence-corrected chi connectivity index (χ1v) is 7.66. The van der Waals surface area contributed by atoms with Crippen molar-refractivity contribution in [1.82, 2.24) is 10.5 Å². The Labute approximate surface area is 145 Å². The number of halogens is 1. The molecule has 0 unspecified atom stereocenters. The van der Waals surface area contributed by atoms with Crippen molar-refractivity contribution in [1.29, 1.82) is 0 Å². The third kappa shape index (κ3) is 5.20. The van der Waals surface area contributed by atoms with Crippen LogP contribution in [0.1, 0.15) is 16.1 Å². The predicted octanol–water partition coefficient (Wildman–Crippen LogP) is 1.66. The summed E-state index contributed by atoms with van der Waals surface area (Å²) in [7, 11) is 0. The highest BCUT2D eigenvalue weighted by Crippen LogP contribution is 2.15. The van der Waals surface area contributed by atoms with Crippen LogP contribution in [0, 0.1) is 6.92 Å². The average Bonchev–Trinajstić information content (AvgIpc) is 2.96. The van der Waals surface area contributed by atoms with Gasteiger partial charge >= 0.3 is 5.97 Å². The Hall–Kier alpha value is -2.68. The van der Waals surface area contributed by atoms with Gasteiger partial charge in [0.1, 0.15) is 12.3 Å². The van der Waals surface area contributed by atoms with Crippen LogP contribution in [0.25, 0.3) is 0 Å². The number of hydrogen-bond donors (Lipinski definition) is 2. The lowest BCUT2D eigenvalue weighted by Crippen LogP contribution is -2.32. The van der Waals surface area contributed by atoms with Crippen molar-refractivity contribution in [3.63, 3.8) is 0 Å². The lowest BCUT2D eigenvalue weighted by Gasteiger charge is -2.07. The Morgan fingerprint density at radius 1 is 1.29 bits per heavy atom. The van der Waals surface area contributed by atoms with Crippen LogP contribution in [-0.4, -0.2) is 36.1 Å². The summed E-state index contributed by atoms with van der Waals surface area (Å²) >= 11 is 3.24. The van der Waals surface area contributed by atoms with Crippen molar-refractivity contribution < 1.29 is 23.6 Å². The fraction of sp³-hybridized carbons (Fsp3) is 0.200. The zero-order chi connectivity index (χ0) is 17.5. The van der Waals surface area contributed by atoms with Crippen molar-refractivity contribution in [3.05, 3.63) is 46.1 Å². The van der Waals surface area contributed by atoms with Crippen LogP contribution >= 0.6 is 15.9 Å². The fourth-order valence-corrected chi connectivity index (χ4v) is 2.16. The number of hydrogen-bond acceptors (Lipinski definition) is 6. The molecule has 1 heterocycles. The Morgan fingerprint density at radius 3 is 2.71 bits per heavy atom. The molecule has 0 spiro atoms. The van der Waals surface area contributed by atoms with Crippen molar-refractivity contribution >= 4 is 39.5 Å². The highest BCUT2D eigenvalue weighted by atomic mass is 79.9. The largest absolute Gasteiger partial charge is 0.454 e. The molecule has 2 amide bonds. The predicted molar refractivity (Wildman–Crippen MR) is 87.3 cm³/mol. The topological polar surface area (TPSA) is 111 Å². The standard InChI is InChI=1S/C15H14BrN3O5/c1-9-6-12(19-24-9)18-13(20)8-23-14(21)7-17-15(22)10-4-2-3-5-11(10)16/h2-6H,7-8H2,1H3,(H,17,22)(H,18,19,20). The molecule has 0 saturated heterocycles. The first-order valence-electron chi connectivity index (χ1n) is 6.87. The number of ether oxygens (including phenoxy) is 1. The minimum atomic E-state index is -0.734. The molecule has 0 fully saturated rings. The smallest absolute Gasteiger partial charge is 0.325 e. The molecule has 24 heavy (non-hydrogen) atoms. The van der Waals surface area contributed by atoms with Crippen LogP contribution < -0.4 is 10.6 Å². The van der Waals surface area contributed by atoms with Gasteiger partial charge in [-0.3, -0.25) is 14.4 Å². The SMILES string of the molecule is Cc1cc(NC(=O)COC(=O)CNC(=O)c2ccccc2Br)no1. The second kappa shape index (κ2) is 8.25. The maximum Gasteiger partial charge on any atom is 0.325 e. The first-order chi connectivity index (χ1) is 11.5. The summed E-state index contributed by atoms with van der Waals surface area (Å²) in [5.41, 5.74) is 0.393. The first kappa shape index (κ1) is 17.7. The van der Waals surface area contributed by atoms with Gasteiger partial charge in [-0.15, -0.1) is 0 Å². The minimum Gasteiger partial charge on any atom is -0.454 e. The molecule has 0 radical (unpaired) electrons. The molecule has 0 aliphatic heterocycles. The summed E-state index contributed by atoms with van der Waals surface area (Å²) < 4.78 is 10.2. The number of aryl methyl sites for hydroxylation is 1. The highest BCUT2D eigenvalue weighted by molar-refractivity contribution is 9.10. The van der Waals surface area contributed by atoms with E-state index >= 15 is 0 Å². The molecule has 8 nitrogen and oxygen atoms in total. The van der Waals surface area contributed by atoms with Gasteiger partial charge in [0.25, 0.3) is 11.8 Å². The molecule has 0 aliphatic carbocycles. The third-order valence-electron chi connectivity index (χ3n) is 2.77. The van der Waals surface area contributed by atoms with E-state index in [2.05, 4.69) is 31.7 Å². The van der Waals surface area contributed by atoms with Gasteiger partial charge in [-0.1, -0.05) is 17.3 Å². The summed E-state index contributed by atoms with van der Waals surface area (Å²) in [6.07, 6.45) is 0. The van der Waals surface area contributed by atoms with Gasteiger partial charge in [-0.05, 0) is 35.0 Å². The van der Waals surface area contributed by atoms with E-state index in [0.29, 0.717) is 15.8 Å². The Balaban J connectivity index is 1.72. The molecule has 0 saturated carbocycles. The van der Waals surface area contributed by atoms with Crippen molar-refractivity contribution in [3.8, 4) is 0 Å². The van der Waals surface area contributed by atoms with E-state index in [-0.39, 0.29) is 12.4 Å². The quantitative estimate of drug-likeness (QED) is 0.719. The zero-order valence-electron chi connectivity index (χ0n) is 12.7. The lowest BCUT2D eigenvalue weighted by molar-refractivity contribution is -0.146. The lowest BCUT2D eigenvalue weighted by atomic mass is 10.2. The van der Waals surface area contributed by atoms with Crippen LogP contribution in [0.5, 0.6) is 0 Å². The Morgan fingerprint density at radius 2 is 2.04 bits per heavy atom. The second-order valence-electron chi connectivity index (χ2n) is 4.69. The summed E-state index contributed by atoms with van der Waals surface area (Å²) in [5.74, 6) is -0.953. The van der Waals surface area contributed by atoms with Gasteiger partial charge in [0.05, 0.1) is 5.56 Å². The maximum atomic E-state index is 11.9. The van der Waals surface area contributed by atoms with E-state index in [1.165, 1.54) is 6.07 Å². The van der Waals surface area contributed by atoms with Crippen molar-refractivity contribution in [2.75, 3.05) is 18.5 Å². The Kier molecular flexibility index (Phi) is 6.07. The van der Waals surface area contributed by atoms with Crippen molar-refractivity contribution in [2.24, 2.45) is 0 Å². The van der Waals surface area contributed by atoms with Crippen LogP contribution in [0.15, 0.2) is 39.3 Å². The van der Waals surface area contributed by atoms with Gasteiger partial charge in [-0.25, -0.2) is 0 Å². The highest BCUT2D eigenvalue weighted by Gasteiger charge is 2.13. The second-order valence-corrected chi connectivity index (χ2v) is 5.55. The van der Waals surface area contributed by atoms with Gasteiger partial charge < -0.3 is 19.9 Å². The number of rotatable bonds is 6. The van der Waals surface area contributed by atoms with Gasteiger partial charge in [0.15, 0.2) is 12.4 Å². The number of aromatic nitrogens is 1. The number of anilines is 1. The molecule has 126 valence electrons. The minimum absolute atomic E-state index is 0.232. The van der Waals surface area contributed by atoms with Crippen molar-refractivity contribution in [2.45, 2.75) is 6.92 Å². The molecule has 0 atom stereocenters. The molecule has 0 aliphatic rings. The van der Waals surface area contributed by atoms with Crippen LogP contribution in [0.4, 0.5) is 5.82 Å².